The summed E-state index contributed by atoms with van der Waals surface area (Å²) in [6.45, 7) is 2.35. The van der Waals surface area contributed by atoms with E-state index in [1.54, 1.807) is 11.0 Å². The van der Waals surface area contributed by atoms with Gasteiger partial charge in [-0.25, -0.2) is 0 Å². The second-order valence-electron chi connectivity index (χ2n) is 5.21. The number of halogens is 1. The molecule has 1 aromatic carbocycles. The summed E-state index contributed by atoms with van der Waals surface area (Å²) in [6, 6.07) is 4.28. The number of carbonyl (C=O) groups is 1. The Morgan fingerprint density at radius 2 is 2.14 bits per heavy atom. The Balaban J connectivity index is 2.10. The van der Waals surface area contributed by atoms with E-state index in [4.69, 9.17) is 0 Å². The molecule has 1 amide bonds. The summed E-state index contributed by atoms with van der Waals surface area (Å²) in [5, 5.41) is 14.0. The highest BCUT2D eigenvalue weighted by Crippen LogP contribution is 2.26. The second kappa shape index (κ2) is 7.00. The number of nitro groups is 1. The van der Waals surface area contributed by atoms with Gasteiger partial charge in [0.25, 0.3) is 11.6 Å². The van der Waals surface area contributed by atoms with Gasteiger partial charge in [0.2, 0.25) is 0 Å². The molecule has 0 saturated carbocycles. The third kappa shape index (κ3) is 3.79. The highest BCUT2D eigenvalue weighted by Gasteiger charge is 2.25. The number of piperidine rings is 1. The minimum atomic E-state index is -0.484. The first kappa shape index (κ1) is 15.9. The van der Waals surface area contributed by atoms with Crippen molar-refractivity contribution < 1.29 is 9.72 Å². The van der Waals surface area contributed by atoms with Crippen LogP contribution in [-0.2, 0) is 0 Å². The average molecular weight is 356 g/mol. The van der Waals surface area contributed by atoms with E-state index < -0.39 is 4.92 Å². The lowest BCUT2D eigenvalue weighted by atomic mass is 9.96. The number of nitrogens with one attached hydrogen (secondary N) is 1. The Hall–Kier alpha value is -1.47. The third-order valence-electron chi connectivity index (χ3n) is 3.79. The van der Waals surface area contributed by atoms with Crippen molar-refractivity contribution in [3.8, 4) is 0 Å². The minimum Gasteiger partial charge on any atom is -0.339 e. The van der Waals surface area contributed by atoms with Crippen molar-refractivity contribution >= 4 is 27.5 Å². The first-order chi connectivity index (χ1) is 10.0. The molecule has 0 bridgehead atoms. The van der Waals surface area contributed by atoms with E-state index >= 15 is 0 Å². The van der Waals surface area contributed by atoms with Crippen LogP contribution < -0.4 is 5.32 Å². The van der Waals surface area contributed by atoms with E-state index in [9.17, 15) is 14.9 Å². The number of hydrogen-bond donors (Lipinski definition) is 1. The van der Waals surface area contributed by atoms with Crippen molar-refractivity contribution in [1.29, 1.82) is 0 Å². The van der Waals surface area contributed by atoms with Crippen molar-refractivity contribution in [2.45, 2.75) is 12.8 Å². The Kier molecular flexibility index (Phi) is 5.30. The predicted molar refractivity (Wildman–Crippen MR) is 83.4 cm³/mol. The molecule has 1 aromatic rings. The van der Waals surface area contributed by atoms with E-state index in [0.29, 0.717) is 29.0 Å². The van der Waals surface area contributed by atoms with Gasteiger partial charge in [-0.15, -0.1) is 0 Å². The molecule has 21 heavy (non-hydrogen) atoms. The van der Waals surface area contributed by atoms with E-state index in [0.717, 1.165) is 19.4 Å². The van der Waals surface area contributed by atoms with Crippen molar-refractivity contribution in [3.05, 3.63) is 38.3 Å². The maximum Gasteiger partial charge on any atom is 0.270 e. The lowest BCUT2D eigenvalue weighted by Gasteiger charge is -2.32. The topological polar surface area (TPSA) is 75.5 Å². The first-order valence-corrected chi connectivity index (χ1v) is 7.70. The minimum absolute atomic E-state index is 0.0633. The van der Waals surface area contributed by atoms with Crippen LogP contribution in [0.3, 0.4) is 0 Å². The summed E-state index contributed by atoms with van der Waals surface area (Å²) >= 11 is 3.30. The molecule has 7 heteroatoms. The highest BCUT2D eigenvalue weighted by molar-refractivity contribution is 9.10. The smallest absolute Gasteiger partial charge is 0.270 e. The molecule has 2 rings (SSSR count). The van der Waals surface area contributed by atoms with Gasteiger partial charge in [-0.2, -0.15) is 0 Å². The number of amides is 1. The monoisotopic (exact) mass is 355 g/mol. The molecule has 0 radical (unpaired) electrons. The van der Waals surface area contributed by atoms with E-state index in [-0.39, 0.29) is 11.6 Å². The normalized spacial score (nSPS) is 16.0. The van der Waals surface area contributed by atoms with Crippen LogP contribution in [0.4, 0.5) is 5.69 Å². The zero-order valence-corrected chi connectivity index (χ0v) is 13.4. The molecule has 114 valence electrons. The van der Waals surface area contributed by atoms with Crippen molar-refractivity contribution in [1.82, 2.24) is 10.2 Å². The van der Waals surface area contributed by atoms with Gasteiger partial charge in [-0.1, -0.05) is 0 Å². The SMILES string of the molecule is CNCC1CCN(C(=O)c2cc([N+](=O)[O-])ccc2Br)CC1. The molecule has 0 atom stereocenters. The molecule has 1 heterocycles. The van der Waals surface area contributed by atoms with E-state index in [2.05, 4.69) is 21.2 Å². The molecule has 0 aliphatic carbocycles. The van der Waals surface area contributed by atoms with Crippen molar-refractivity contribution in [3.63, 3.8) is 0 Å². The zero-order valence-electron chi connectivity index (χ0n) is 11.8. The number of non-ortho nitro benzene ring substituents is 1. The molecule has 1 aliphatic heterocycles. The molecule has 1 aliphatic rings. The summed E-state index contributed by atoms with van der Waals surface area (Å²) in [6.07, 6.45) is 1.91. The van der Waals surface area contributed by atoms with Crippen LogP contribution in [-0.4, -0.2) is 42.4 Å². The van der Waals surface area contributed by atoms with Gasteiger partial charge in [0.15, 0.2) is 0 Å². The first-order valence-electron chi connectivity index (χ1n) is 6.90. The fourth-order valence-corrected chi connectivity index (χ4v) is 3.01. The third-order valence-corrected chi connectivity index (χ3v) is 4.48. The van der Waals surface area contributed by atoms with Gasteiger partial charge in [-0.05, 0) is 54.3 Å². The fraction of sp³-hybridized carbons (Fsp3) is 0.500. The van der Waals surface area contributed by atoms with E-state index in [1.165, 1.54) is 12.1 Å². The number of nitro benzene ring substituents is 1. The Labute approximate surface area is 131 Å². The molecule has 1 fully saturated rings. The van der Waals surface area contributed by atoms with Crippen LogP contribution in [0.2, 0.25) is 0 Å². The molecular weight excluding hydrogens is 338 g/mol. The van der Waals surface area contributed by atoms with Crippen LogP contribution in [0.1, 0.15) is 23.2 Å². The largest absolute Gasteiger partial charge is 0.339 e. The standard InChI is InChI=1S/C14H18BrN3O3/c1-16-9-10-4-6-17(7-5-10)14(19)12-8-11(18(20)21)2-3-13(12)15/h2-3,8,10,16H,4-7,9H2,1H3. The zero-order chi connectivity index (χ0) is 15.4. The van der Waals surface area contributed by atoms with Crippen LogP contribution in [0.5, 0.6) is 0 Å². The van der Waals surface area contributed by atoms with E-state index in [1.807, 2.05) is 7.05 Å². The molecule has 0 aromatic heterocycles. The van der Waals surface area contributed by atoms with Gasteiger partial charge in [-0.3, -0.25) is 14.9 Å². The Morgan fingerprint density at radius 3 is 2.71 bits per heavy atom. The Morgan fingerprint density at radius 1 is 1.48 bits per heavy atom. The maximum absolute atomic E-state index is 12.5. The van der Waals surface area contributed by atoms with Gasteiger partial charge in [0.1, 0.15) is 0 Å². The average Bonchev–Trinajstić information content (AvgIpc) is 2.48. The number of hydrogen-bond acceptors (Lipinski definition) is 4. The molecule has 6 nitrogen and oxygen atoms in total. The summed E-state index contributed by atoms with van der Waals surface area (Å²) in [4.78, 5) is 24.6. The Bertz CT molecular complexity index is 542. The quantitative estimate of drug-likeness (QED) is 0.664. The van der Waals surface area contributed by atoms with Crippen molar-refractivity contribution in [2.24, 2.45) is 5.92 Å². The van der Waals surface area contributed by atoms with Gasteiger partial charge < -0.3 is 10.2 Å². The lowest BCUT2D eigenvalue weighted by Crippen LogP contribution is -2.40. The number of nitrogens with zero attached hydrogens (tertiary/aromatic N) is 2. The number of likely N-dealkylation sites (tertiary alicyclic amines) is 1. The highest BCUT2D eigenvalue weighted by atomic mass is 79.9. The summed E-state index contributed by atoms with van der Waals surface area (Å²) in [5.41, 5.74) is 0.294. The molecular formula is C14H18BrN3O3. The van der Waals surface area contributed by atoms with Crippen molar-refractivity contribution in [2.75, 3.05) is 26.7 Å². The van der Waals surface area contributed by atoms with Gasteiger partial charge in [0.05, 0.1) is 10.5 Å². The van der Waals surface area contributed by atoms with Gasteiger partial charge >= 0.3 is 0 Å². The van der Waals surface area contributed by atoms with Crippen LogP contribution in [0, 0.1) is 16.0 Å². The number of benzene rings is 1. The molecule has 0 unspecified atom stereocenters. The fourth-order valence-electron chi connectivity index (χ4n) is 2.59. The van der Waals surface area contributed by atoms with Crippen LogP contribution >= 0.6 is 15.9 Å². The predicted octanol–water partition coefficient (Wildman–Crippen LogP) is 2.43. The van der Waals surface area contributed by atoms with Crippen LogP contribution in [0.15, 0.2) is 22.7 Å². The summed E-state index contributed by atoms with van der Waals surface area (Å²) in [7, 11) is 1.93. The molecule has 1 saturated heterocycles. The maximum atomic E-state index is 12.5. The van der Waals surface area contributed by atoms with Gasteiger partial charge in [0, 0.05) is 29.7 Å². The lowest BCUT2D eigenvalue weighted by molar-refractivity contribution is -0.384. The summed E-state index contributed by atoms with van der Waals surface area (Å²) < 4.78 is 0.593. The summed E-state index contributed by atoms with van der Waals surface area (Å²) in [5.74, 6) is 0.445. The number of rotatable bonds is 4. The van der Waals surface area contributed by atoms with Crippen LogP contribution in [0.25, 0.3) is 0 Å². The molecule has 1 N–H and O–H groups in total. The molecule has 0 spiro atoms. The number of carbonyl (C=O) groups excluding carboxylic acids is 1. The second-order valence-corrected chi connectivity index (χ2v) is 6.07.